The second-order valence-corrected chi connectivity index (χ2v) is 6.07. The summed E-state index contributed by atoms with van der Waals surface area (Å²) < 4.78 is 15.8. The van der Waals surface area contributed by atoms with Gasteiger partial charge in [-0.1, -0.05) is 19.9 Å². The highest BCUT2D eigenvalue weighted by Gasteiger charge is 2.22. The van der Waals surface area contributed by atoms with Crippen LogP contribution in [0.1, 0.15) is 26.3 Å². The molecule has 25 heavy (non-hydrogen) atoms. The highest BCUT2D eigenvalue weighted by Crippen LogP contribution is 2.33. The predicted octanol–water partition coefficient (Wildman–Crippen LogP) is 2.80. The van der Waals surface area contributed by atoms with Crippen LogP contribution in [0.3, 0.4) is 0 Å². The summed E-state index contributed by atoms with van der Waals surface area (Å²) in [5.41, 5.74) is 1.01. The number of ether oxygens (including phenoxy) is 3. The fourth-order valence-electron chi connectivity index (χ4n) is 2.24. The van der Waals surface area contributed by atoms with E-state index in [0.29, 0.717) is 13.2 Å². The van der Waals surface area contributed by atoms with E-state index in [9.17, 15) is 0 Å². The Morgan fingerprint density at radius 2 is 1.76 bits per heavy atom. The van der Waals surface area contributed by atoms with Crippen molar-refractivity contribution in [3.8, 4) is 11.5 Å². The van der Waals surface area contributed by atoms with Crippen LogP contribution in [0, 0.1) is 0 Å². The van der Waals surface area contributed by atoms with Crippen molar-refractivity contribution < 1.29 is 14.2 Å². The first kappa shape index (κ1) is 23.8. The Kier molecular flexibility index (Phi) is 11.6. The van der Waals surface area contributed by atoms with Gasteiger partial charge in [-0.15, -0.1) is 24.0 Å². The average molecular weight is 465 g/mol. The molecule has 7 heteroatoms. The quantitative estimate of drug-likeness (QED) is 0.254. The van der Waals surface area contributed by atoms with E-state index in [0.717, 1.165) is 36.1 Å². The number of rotatable bonds is 9. The SMILES string of the molecule is CCNC(=NCC(C)(C)c1ccc(OC)c(OC)c1)NCCOC.I. The van der Waals surface area contributed by atoms with Gasteiger partial charge in [-0.3, -0.25) is 4.99 Å². The number of hydrogen-bond acceptors (Lipinski definition) is 4. The van der Waals surface area contributed by atoms with Gasteiger partial charge in [0.2, 0.25) is 0 Å². The van der Waals surface area contributed by atoms with E-state index in [1.165, 1.54) is 0 Å². The van der Waals surface area contributed by atoms with Gasteiger partial charge < -0.3 is 24.8 Å². The first-order valence-electron chi connectivity index (χ1n) is 8.22. The monoisotopic (exact) mass is 465 g/mol. The lowest BCUT2D eigenvalue weighted by Gasteiger charge is -2.25. The zero-order chi connectivity index (χ0) is 18.0. The molecule has 0 aromatic heterocycles. The van der Waals surface area contributed by atoms with Crippen molar-refractivity contribution in [2.45, 2.75) is 26.2 Å². The molecule has 1 rings (SSSR count). The number of guanidine groups is 1. The molecule has 0 fully saturated rings. The van der Waals surface area contributed by atoms with E-state index in [4.69, 9.17) is 19.2 Å². The maximum absolute atomic E-state index is 5.40. The Hall–Kier alpha value is -1.22. The van der Waals surface area contributed by atoms with E-state index in [2.05, 4.69) is 30.5 Å². The van der Waals surface area contributed by atoms with Crippen LogP contribution in [-0.2, 0) is 10.2 Å². The highest BCUT2D eigenvalue weighted by atomic mass is 127. The molecule has 0 aliphatic carbocycles. The van der Waals surface area contributed by atoms with Crippen molar-refractivity contribution in [1.82, 2.24) is 10.6 Å². The van der Waals surface area contributed by atoms with E-state index in [1.54, 1.807) is 21.3 Å². The van der Waals surface area contributed by atoms with Gasteiger partial charge in [0.1, 0.15) is 0 Å². The number of methoxy groups -OCH3 is 3. The van der Waals surface area contributed by atoms with Crippen molar-refractivity contribution >= 4 is 29.9 Å². The van der Waals surface area contributed by atoms with Crippen LogP contribution in [-0.4, -0.2) is 53.5 Å². The lowest BCUT2D eigenvalue weighted by Crippen LogP contribution is -2.40. The molecule has 0 unspecified atom stereocenters. The lowest BCUT2D eigenvalue weighted by atomic mass is 9.84. The molecular weight excluding hydrogens is 433 g/mol. The molecule has 144 valence electrons. The summed E-state index contributed by atoms with van der Waals surface area (Å²) in [6.45, 7) is 9.20. The summed E-state index contributed by atoms with van der Waals surface area (Å²) in [5.74, 6) is 2.26. The van der Waals surface area contributed by atoms with Crippen molar-refractivity contribution in [3.63, 3.8) is 0 Å². The van der Waals surface area contributed by atoms with E-state index < -0.39 is 0 Å². The highest BCUT2D eigenvalue weighted by molar-refractivity contribution is 14.0. The summed E-state index contributed by atoms with van der Waals surface area (Å²) in [6.07, 6.45) is 0. The van der Waals surface area contributed by atoms with E-state index >= 15 is 0 Å². The molecule has 0 aliphatic heterocycles. The molecule has 1 aromatic carbocycles. The second kappa shape index (κ2) is 12.2. The maximum atomic E-state index is 5.40. The third-order valence-electron chi connectivity index (χ3n) is 3.74. The van der Waals surface area contributed by atoms with Gasteiger partial charge in [-0.25, -0.2) is 0 Å². The Morgan fingerprint density at radius 3 is 2.32 bits per heavy atom. The molecule has 0 saturated heterocycles. The number of hydrogen-bond donors (Lipinski definition) is 2. The normalized spacial score (nSPS) is 11.5. The van der Waals surface area contributed by atoms with Crippen LogP contribution < -0.4 is 20.1 Å². The van der Waals surface area contributed by atoms with Crippen LogP contribution in [0.5, 0.6) is 11.5 Å². The molecule has 0 atom stereocenters. The van der Waals surface area contributed by atoms with Crippen molar-refractivity contribution in [2.75, 3.05) is 47.6 Å². The summed E-state index contributed by atoms with van der Waals surface area (Å²) >= 11 is 0. The molecule has 1 aromatic rings. The molecule has 2 N–H and O–H groups in total. The summed E-state index contributed by atoms with van der Waals surface area (Å²) in [4.78, 5) is 4.70. The molecule has 0 saturated carbocycles. The lowest BCUT2D eigenvalue weighted by molar-refractivity contribution is 0.203. The fourth-order valence-corrected chi connectivity index (χ4v) is 2.24. The number of nitrogens with zero attached hydrogens (tertiary/aromatic N) is 1. The number of benzene rings is 1. The van der Waals surface area contributed by atoms with Crippen LogP contribution in [0.2, 0.25) is 0 Å². The minimum atomic E-state index is -0.136. The number of aliphatic imine (C=N–C) groups is 1. The first-order valence-corrected chi connectivity index (χ1v) is 8.22. The number of halogens is 1. The largest absolute Gasteiger partial charge is 0.493 e. The zero-order valence-corrected chi connectivity index (χ0v) is 18.5. The molecule has 0 heterocycles. The molecule has 0 aliphatic rings. The second-order valence-electron chi connectivity index (χ2n) is 6.07. The molecule has 0 spiro atoms. The summed E-state index contributed by atoms with van der Waals surface area (Å²) in [5, 5.41) is 6.50. The van der Waals surface area contributed by atoms with Crippen LogP contribution >= 0.6 is 24.0 Å². The number of nitrogens with one attached hydrogen (secondary N) is 2. The maximum Gasteiger partial charge on any atom is 0.191 e. The van der Waals surface area contributed by atoms with Gasteiger partial charge in [0, 0.05) is 25.6 Å². The molecule has 6 nitrogen and oxygen atoms in total. The molecule has 0 radical (unpaired) electrons. The Morgan fingerprint density at radius 1 is 1.08 bits per heavy atom. The smallest absolute Gasteiger partial charge is 0.191 e. The van der Waals surface area contributed by atoms with Crippen LogP contribution in [0.15, 0.2) is 23.2 Å². The first-order chi connectivity index (χ1) is 11.5. The van der Waals surface area contributed by atoms with Gasteiger partial charge in [-0.2, -0.15) is 0 Å². The standard InChI is InChI=1S/C18H31N3O3.HI/c1-7-19-17(20-10-11-22-4)21-13-18(2,3)14-8-9-15(23-5)16(12-14)24-6;/h8-9,12H,7,10-11,13H2,1-6H3,(H2,19,20,21);1H. The third kappa shape index (κ3) is 7.68. The van der Waals surface area contributed by atoms with Gasteiger partial charge in [-0.05, 0) is 24.6 Å². The molecule has 0 bridgehead atoms. The van der Waals surface area contributed by atoms with Crippen molar-refractivity contribution in [2.24, 2.45) is 4.99 Å². The third-order valence-corrected chi connectivity index (χ3v) is 3.74. The van der Waals surface area contributed by atoms with Crippen molar-refractivity contribution in [3.05, 3.63) is 23.8 Å². The van der Waals surface area contributed by atoms with Crippen molar-refractivity contribution in [1.29, 1.82) is 0 Å². The molecule has 0 amide bonds. The Balaban J connectivity index is 0.00000576. The van der Waals surface area contributed by atoms with Crippen LogP contribution in [0.25, 0.3) is 0 Å². The van der Waals surface area contributed by atoms with Gasteiger partial charge in [0.05, 0.1) is 27.4 Å². The fraction of sp³-hybridized carbons (Fsp3) is 0.611. The van der Waals surface area contributed by atoms with E-state index in [-0.39, 0.29) is 29.4 Å². The molecular formula is C18H32IN3O3. The minimum Gasteiger partial charge on any atom is -0.493 e. The van der Waals surface area contributed by atoms with Gasteiger partial charge in [0.25, 0.3) is 0 Å². The Labute approximate surface area is 168 Å². The Bertz CT molecular complexity index is 536. The average Bonchev–Trinajstić information content (AvgIpc) is 2.59. The van der Waals surface area contributed by atoms with E-state index in [1.807, 2.05) is 19.1 Å². The van der Waals surface area contributed by atoms with Crippen LogP contribution in [0.4, 0.5) is 0 Å². The summed E-state index contributed by atoms with van der Waals surface area (Å²) in [7, 11) is 4.98. The minimum absolute atomic E-state index is 0. The van der Waals surface area contributed by atoms with Gasteiger partial charge >= 0.3 is 0 Å². The predicted molar refractivity (Wildman–Crippen MR) is 114 cm³/mol. The zero-order valence-electron chi connectivity index (χ0n) is 16.1. The van der Waals surface area contributed by atoms with Gasteiger partial charge in [0.15, 0.2) is 17.5 Å². The summed E-state index contributed by atoms with van der Waals surface area (Å²) in [6, 6.07) is 6.00. The topological polar surface area (TPSA) is 64.1 Å².